The number of rotatable bonds is 3. The van der Waals surface area contributed by atoms with E-state index in [1.54, 1.807) is 0 Å². The molecule has 10 heteroatoms. The summed E-state index contributed by atoms with van der Waals surface area (Å²) in [5, 5.41) is 9.50. The quantitative estimate of drug-likeness (QED) is 0.729. The average Bonchev–Trinajstić information content (AvgIpc) is 2.83. The van der Waals surface area contributed by atoms with Gasteiger partial charge >= 0.3 is 6.09 Å². The van der Waals surface area contributed by atoms with Crippen LogP contribution in [0, 0.1) is 0 Å². The number of hydrogen-bond donors (Lipinski definition) is 1. The van der Waals surface area contributed by atoms with Crippen molar-refractivity contribution in [2.24, 2.45) is 0 Å². The van der Waals surface area contributed by atoms with E-state index in [1.165, 1.54) is 4.90 Å². The molecule has 0 radical (unpaired) electrons. The Hall–Kier alpha value is -2.85. The second-order valence-corrected chi connectivity index (χ2v) is 11.2. The highest BCUT2D eigenvalue weighted by Gasteiger charge is 2.30. The van der Waals surface area contributed by atoms with Crippen molar-refractivity contribution in [3.63, 3.8) is 0 Å². The third-order valence-corrected chi connectivity index (χ3v) is 8.58. The van der Waals surface area contributed by atoms with E-state index >= 15 is 0 Å². The van der Waals surface area contributed by atoms with Crippen LogP contribution in [0.3, 0.4) is 0 Å². The molecule has 3 aliphatic heterocycles. The number of nitrogens with zero attached hydrogens (tertiary/aromatic N) is 5. The predicted octanol–water partition coefficient (Wildman–Crippen LogP) is 2.42. The van der Waals surface area contributed by atoms with E-state index in [-0.39, 0.29) is 11.5 Å². The van der Waals surface area contributed by atoms with Crippen LogP contribution >= 0.6 is 0 Å². The van der Waals surface area contributed by atoms with Gasteiger partial charge in [-0.25, -0.2) is 18.2 Å². The van der Waals surface area contributed by atoms with Crippen molar-refractivity contribution in [1.29, 1.82) is 0 Å². The molecule has 2 saturated heterocycles. The highest BCUT2D eigenvalue weighted by molar-refractivity contribution is 7.91. The molecule has 2 fully saturated rings. The SMILES string of the molecule is O=C(O)N1CCN(c2ccc(N3CCC(N4CCS(=O)(=O)CC4)CC3)cn2)c2ccccc21. The molecule has 9 nitrogen and oxygen atoms in total. The first-order chi connectivity index (χ1) is 15.9. The van der Waals surface area contributed by atoms with Crippen LogP contribution in [-0.4, -0.2) is 86.3 Å². The van der Waals surface area contributed by atoms with Gasteiger partial charge in [0, 0.05) is 45.3 Å². The minimum absolute atomic E-state index is 0.280. The van der Waals surface area contributed by atoms with Gasteiger partial charge in [-0.15, -0.1) is 0 Å². The molecule has 0 aliphatic carbocycles. The Labute approximate surface area is 194 Å². The largest absolute Gasteiger partial charge is 0.465 e. The van der Waals surface area contributed by atoms with E-state index in [9.17, 15) is 18.3 Å². The van der Waals surface area contributed by atoms with Gasteiger partial charge in [-0.3, -0.25) is 9.80 Å². The number of anilines is 4. The standard InChI is InChI=1S/C23H29N5O4S/c29-23(30)28-12-11-27(20-3-1-2-4-21(20)28)22-6-5-19(17-24-22)25-9-7-18(8-10-25)26-13-15-33(31,32)16-14-26/h1-6,17-18H,7-16H2,(H,29,30). The fourth-order valence-electron chi connectivity index (χ4n) is 5.10. The van der Waals surface area contributed by atoms with E-state index in [0.717, 1.165) is 43.1 Å². The smallest absolute Gasteiger partial charge is 0.411 e. The van der Waals surface area contributed by atoms with Crippen molar-refractivity contribution in [3.8, 4) is 0 Å². The van der Waals surface area contributed by atoms with Crippen molar-refractivity contribution in [2.75, 3.05) is 65.5 Å². The van der Waals surface area contributed by atoms with Crippen LogP contribution in [-0.2, 0) is 9.84 Å². The molecule has 1 aromatic heterocycles. The molecular formula is C23H29N5O4S. The molecule has 1 N–H and O–H groups in total. The first kappa shape index (κ1) is 22.0. The molecule has 0 unspecified atom stereocenters. The molecular weight excluding hydrogens is 442 g/mol. The highest BCUT2D eigenvalue weighted by Crippen LogP contribution is 2.37. The third kappa shape index (κ3) is 4.49. The Morgan fingerprint density at radius 3 is 2.24 bits per heavy atom. The molecule has 1 amide bonds. The maximum atomic E-state index is 11.7. The first-order valence-electron chi connectivity index (χ1n) is 11.4. The zero-order chi connectivity index (χ0) is 23.0. The topological polar surface area (TPSA) is 97.3 Å². The maximum Gasteiger partial charge on any atom is 0.411 e. The van der Waals surface area contributed by atoms with E-state index in [0.29, 0.717) is 37.9 Å². The third-order valence-electron chi connectivity index (χ3n) is 6.98. The van der Waals surface area contributed by atoms with Gasteiger partial charge in [-0.2, -0.15) is 0 Å². The van der Waals surface area contributed by atoms with E-state index in [1.807, 2.05) is 36.5 Å². The van der Waals surface area contributed by atoms with Crippen molar-refractivity contribution < 1.29 is 18.3 Å². The number of fused-ring (bicyclic) bond motifs is 1. The van der Waals surface area contributed by atoms with Crippen LogP contribution in [0.4, 0.5) is 27.7 Å². The minimum atomic E-state index is -2.84. The Morgan fingerprint density at radius 1 is 0.909 bits per heavy atom. The summed E-state index contributed by atoms with van der Waals surface area (Å²) in [6.45, 7) is 4.09. The molecule has 0 atom stereocenters. The van der Waals surface area contributed by atoms with Gasteiger partial charge in [0.05, 0.1) is 34.8 Å². The second kappa shape index (κ2) is 8.83. The van der Waals surface area contributed by atoms with Gasteiger partial charge in [0.1, 0.15) is 5.82 Å². The van der Waals surface area contributed by atoms with Crippen molar-refractivity contribution in [1.82, 2.24) is 9.88 Å². The Balaban J connectivity index is 1.24. The number of amides is 1. The molecule has 5 rings (SSSR count). The van der Waals surface area contributed by atoms with Crippen LogP contribution in [0.5, 0.6) is 0 Å². The zero-order valence-corrected chi connectivity index (χ0v) is 19.3. The van der Waals surface area contributed by atoms with Gasteiger partial charge in [-0.05, 0) is 37.1 Å². The van der Waals surface area contributed by atoms with E-state index < -0.39 is 15.9 Å². The molecule has 3 aliphatic rings. The lowest BCUT2D eigenvalue weighted by molar-refractivity contribution is 0.182. The number of carboxylic acid groups (broad SMARTS) is 1. The number of hydrogen-bond acceptors (Lipinski definition) is 7. The number of para-hydroxylation sites is 2. The summed E-state index contributed by atoms with van der Waals surface area (Å²) in [7, 11) is -2.84. The van der Waals surface area contributed by atoms with Crippen LogP contribution < -0.4 is 14.7 Å². The Bertz CT molecular complexity index is 1100. The predicted molar refractivity (Wildman–Crippen MR) is 129 cm³/mol. The fraction of sp³-hybridized carbons (Fsp3) is 0.478. The molecule has 176 valence electrons. The molecule has 0 spiro atoms. The normalized spacial score (nSPS) is 21.6. The van der Waals surface area contributed by atoms with E-state index in [2.05, 4.69) is 20.8 Å². The fourth-order valence-corrected chi connectivity index (χ4v) is 6.33. The van der Waals surface area contributed by atoms with Gasteiger partial charge in [0.15, 0.2) is 9.84 Å². The monoisotopic (exact) mass is 471 g/mol. The number of aromatic nitrogens is 1. The van der Waals surface area contributed by atoms with E-state index in [4.69, 9.17) is 4.98 Å². The highest BCUT2D eigenvalue weighted by atomic mass is 32.2. The van der Waals surface area contributed by atoms with Gasteiger partial charge in [0.2, 0.25) is 0 Å². The zero-order valence-electron chi connectivity index (χ0n) is 18.5. The molecule has 1 aromatic carbocycles. The summed E-state index contributed by atoms with van der Waals surface area (Å²) in [4.78, 5) is 24.4. The average molecular weight is 472 g/mol. The molecule has 2 aromatic rings. The summed E-state index contributed by atoms with van der Waals surface area (Å²) >= 11 is 0. The number of carbonyl (C=O) groups is 1. The first-order valence-corrected chi connectivity index (χ1v) is 13.3. The van der Waals surface area contributed by atoms with Crippen LogP contribution in [0.2, 0.25) is 0 Å². The Kier molecular flexibility index (Phi) is 5.88. The molecule has 4 heterocycles. The summed E-state index contributed by atoms with van der Waals surface area (Å²) in [5.74, 6) is 1.37. The molecule has 0 saturated carbocycles. The van der Waals surface area contributed by atoms with Crippen molar-refractivity contribution >= 4 is 38.8 Å². The lowest BCUT2D eigenvalue weighted by Crippen LogP contribution is -2.50. The van der Waals surface area contributed by atoms with Crippen LogP contribution in [0.25, 0.3) is 0 Å². The number of benzene rings is 1. The second-order valence-electron chi connectivity index (χ2n) is 8.86. The van der Waals surface area contributed by atoms with Gasteiger partial charge in [0.25, 0.3) is 0 Å². The summed E-state index contributed by atoms with van der Waals surface area (Å²) in [5.41, 5.74) is 2.60. The lowest BCUT2D eigenvalue weighted by atomic mass is 10.0. The summed E-state index contributed by atoms with van der Waals surface area (Å²) < 4.78 is 23.4. The van der Waals surface area contributed by atoms with Crippen molar-refractivity contribution in [2.45, 2.75) is 18.9 Å². The van der Waals surface area contributed by atoms with Crippen molar-refractivity contribution in [3.05, 3.63) is 42.6 Å². The van der Waals surface area contributed by atoms with Gasteiger partial charge < -0.3 is 14.9 Å². The summed E-state index contributed by atoms with van der Waals surface area (Å²) in [6.07, 6.45) is 2.99. The number of piperidine rings is 1. The minimum Gasteiger partial charge on any atom is -0.465 e. The molecule has 33 heavy (non-hydrogen) atoms. The summed E-state index contributed by atoms with van der Waals surface area (Å²) in [6, 6.07) is 12.1. The van der Waals surface area contributed by atoms with Crippen LogP contribution in [0.15, 0.2) is 42.6 Å². The van der Waals surface area contributed by atoms with Gasteiger partial charge in [-0.1, -0.05) is 12.1 Å². The number of sulfone groups is 1. The number of pyridine rings is 1. The maximum absolute atomic E-state index is 11.7. The Morgan fingerprint density at radius 2 is 1.61 bits per heavy atom. The van der Waals surface area contributed by atoms with Crippen LogP contribution in [0.1, 0.15) is 12.8 Å². The molecule has 0 bridgehead atoms. The lowest BCUT2D eigenvalue weighted by Gasteiger charge is -2.40.